The highest BCUT2D eigenvalue weighted by Crippen LogP contribution is 2.34. The number of fused-ring (bicyclic) bond motifs is 3. The van der Waals surface area contributed by atoms with Crippen LogP contribution in [0.25, 0.3) is 10.2 Å². The van der Waals surface area contributed by atoms with Gasteiger partial charge in [-0.2, -0.15) is 0 Å². The number of hydrogen-bond acceptors (Lipinski definition) is 5. The fraction of sp³-hybridized carbons (Fsp3) is 0.529. The molecule has 7 nitrogen and oxygen atoms in total. The summed E-state index contributed by atoms with van der Waals surface area (Å²) in [6, 6.07) is 0. The predicted octanol–water partition coefficient (Wildman–Crippen LogP) is 0.931. The Hall–Kier alpha value is -2.22. The van der Waals surface area contributed by atoms with Gasteiger partial charge in [0.2, 0.25) is 11.8 Å². The van der Waals surface area contributed by atoms with Crippen molar-refractivity contribution < 1.29 is 9.59 Å². The number of thiophene rings is 1. The molecule has 2 aromatic rings. The molecule has 2 heterocycles. The van der Waals surface area contributed by atoms with Crippen LogP contribution in [-0.4, -0.2) is 46.4 Å². The minimum atomic E-state index is -0.290. The van der Waals surface area contributed by atoms with Gasteiger partial charge in [0.15, 0.2) is 0 Å². The van der Waals surface area contributed by atoms with Crippen LogP contribution < -0.4 is 10.9 Å². The van der Waals surface area contributed by atoms with Crippen LogP contribution in [0.3, 0.4) is 0 Å². The zero-order chi connectivity index (χ0) is 18.0. The van der Waals surface area contributed by atoms with Gasteiger partial charge in [-0.25, -0.2) is 4.98 Å². The van der Waals surface area contributed by atoms with Crippen molar-refractivity contribution >= 4 is 33.4 Å². The maximum absolute atomic E-state index is 12.8. The molecular weight excluding hydrogens is 340 g/mol. The third-order valence-electron chi connectivity index (χ3n) is 4.38. The van der Waals surface area contributed by atoms with Gasteiger partial charge in [0, 0.05) is 18.5 Å². The van der Waals surface area contributed by atoms with Crippen molar-refractivity contribution in [1.82, 2.24) is 19.8 Å². The van der Waals surface area contributed by atoms with E-state index in [0.717, 1.165) is 36.1 Å². The molecule has 1 aliphatic carbocycles. The van der Waals surface area contributed by atoms with Crippen LogP contribution in [-0.2, 0) is 29.0 Å². The van der Waals surface area contributed by atoms with Crippen molar-refractivity contribution in [3.8, 4) is 0 Å². The number of aryl methyl sites for hydroxylation is 2. The molecule has 0 atom stereocenters. The summed E-state index contributed by atoms with van der Waals surface area (Å²) in [4.78, 5) is 44.5. The maximum Gasteiger partial charge on any atom is 0.262 e. The van der Waals surface area contributed by atoms with Gasteiger partial charge in [0.1, 0.15) is 11.4 Å². The highest BCUT2D eigenvalue weighted by molar-refractivity contribution is 7.18. The molecular formula is C17H22N4O3S. The molecule has 0 radical (unpaired) electrons. The quantitative estimate of drug-likeness (QED) is 0.829. The highest BCUT2D eigenvalue weighted by atomic mass is 32.1. The highest BCUT2D eigenvalue weighted by Gasteiger charge is 2.22. The van der Waals surface area contributed by atoms with Crippen molar-refractivity contribution in [3.63, 3.8) is 0 Å². The molecule has 0 aromatic carbocycles. The molecule has 134 valence electrons. The molecule has 0 unspecified atom stereocenters. The van der Waals surface area contributed by atoms with Crippen LogP contribution in [0, 0.1) is 0 Å². The minimum Gasteiger partial charge on any atom is -0.355 e. The number of nitrogens with one attached hydrogen (secondary N) is 1. The number of likely N-dealkylation sites (N-methyl/N-ethyl adjacent to an activating group) is 1. The fourth-order valence-corrected chi connectivity index (χ4v) is 4.24. The fourth-order valence-electron chi connectivity index (χ4n) is 3.02. The Kier molecular flexibility index (Phi) is 5.17. The van der Waals surface area contributed by atoms with Gasteiger partial charge in [-0.15, -0.1) is 11.3 Å². The molecule has 1 aliphatic rings. The lowest BCUT2D eigenvalue weighted by molar-refractivity contribution is -0.135. The minimum absolute atomic E-state index is 0.0168. The first-order valence-corrected chi connectivity index (χ1v) is 9.33. The second kappa shape index (κ2) is 7.35. The molecule has 2 amide bonds. The topological polar surface area (TPSA) is 84.3 Å². The number of nitrogens with zero attached hydrogens (tertiary/aromatic N) is 3. The zero-order valence-electron chi connectivity index (χ0n) is 14.5. The molecule has 2 aromatic heterocycles. The first kappa shape index (κ1) is 17.6. The molecule has 0 aliphatic heterocycles. The SMILES string of the molecule is CCCNC(=O)CN(C)C(=O)Cn1cnc2sc3c(c2c1=O)CCC3. The van der Waals surface area contributed by atoms with Crippen molar-refractivity contribution in [2.24, 2.45) is 0 Å². The lowest BCUT2D eigenvalue weighted by Crippen LogP contribution is -2.41. The van der Waals surface area contributed by atoms with E-state index in [0.29, 0.717) is 11.9 Å². The van der Waals surface area contributed by atoms with Crippen molar-refractivity contribution in [1.29, 1.82) is 0 Å². The van der Waals surface area contributed by atoms with Crippen LogP contribution in [0.5, 0.6) is 0 Å². The molecule has 8 heteroatoms. The van der Waals surface area contributed by atoms with Crippen LogP contribution in [0.1, 0.15) is 30.2 Å². The Labute approximate surface area is 149 Å². The lowest BCUT2D eigenvalue weighted by atomic mass is 10.2. The molecule has 0 saturated heterocycles. The van der Waals surface area contributed by atoms with Gasteiger partial charge in [-0.05, 0) is 31.2 Å². The molecule has 0 saturated carbocycles. The Balaban J connectivity index is 1.74. The van der Waals surface area contributed by atoms with Crippen molar-refractivity contribution in [3.05, 3.63) is 27.1 Å². The Morgan fingerprint density at radius 1 is 1.40 bits per heavy atom. The van der Waals surface area contributed by atoms with E-state index in [1.807, 2.05) is 6.92 Å². The van der Waals surface area contributed by atoms with E-state index in [-0.39, 0.29) is 30.5 Å². The summed E-state index contributed by atoms with van der Waals surface area (Å²) in [6.07, 6.45) is 5.25. The average Bonchev–Trinajstić information content (AvgIpc) is 3.16. The van der Waals surface area contributed by atoms with Gasteiger partial charge in [0.25, 0.3) is 5.56 Å². The van der Waals surface area contributed by atoms with Gasteiger partial charge >= 0.3 is 0 Å². The van der Waals surface area contributed by atoms with Crippen molar-refractivity contribution in [2.45, 2.75) is 39.2 Å². The van der Waals surface area contributed by atoms with Crippen molar-refractivity contribution in [2.75, 3.05) is 20.1 Å². The summed E-state index contributed by atoms with van der Waals surface area (Å²) >= 11 is 1.58. The van der Waals surface area contributed by atoms with Crippen LogP contribution >= 0.6 is 11.3 Å². The van der Waals surface area contributed by atoms with E-state index in [4.69, 9.17) is 0 Å². The van der Waals surface area contributed by atoms with Crippen LogP contribution in [0.2, 0.25) is 0 Å². The number of amides is 2. The van der Waals surface area contributed by atoms with E-state index in [1.54, 1.807) is 18.4 Å². The second-order valence-corrected chi connectivity index (χ2v) is 7.40. The van der Waals surface area contributed by atoms with E-state index in [9.17, 15) is 14.4 Å². The maximum atomic E-state index is 12.8. The predicted molar refractivity (Wildman–Crippen MR) is 96.8 cm³/mol. The summed E-state index contributed by atoms with van der Waals surface area (Å²) in [5.41, 5.74) is 0.938. The average molecular weight is 362 g/mol. The monoisotopic (exact) mass is 362 g/mol. The number of carbonyl (C=O) groups excluding carboxylic acids is 2. The van der Waals surface area contributed by atoms with Gasteiger partial charge < -0.3 is 10.2 Å². The van der Waals surface area contributed by atoms with Gasteiger partial charge in [0.05, 0.1) is 18.3 Å². The van der Waals surface area contributed by atoms with E-state index >= 15 is 0 Å². The first-order valence-electron chi connectivity index (χ1n) is 8.51. The number of aromatic nitrogens is 2. The molecule has 3 rings (SSSR count). The lowest BCUT2D eigenvalue weighted by Gasteiger charge is -2.17. The molecule has 0 fully saturated rings. The number of rotatable bonds is 6. The largest absolute Gasteiger partial charge is 0.355 e. The summed E-state index contributed by atoms with van der Waals surface area (Å²) in [5.74, 6) is -0.490. The standard InChI is InChI=1S/C17H22N4O3S/c1-3-7-18-13(22)8-20(2)14(23)9-21-10-19-16-15(17(21)24)11-5-4-6-12(11)25-16/h10H,3-9H2,1-2H3,(H,18,22). The first-order chi connectivity index (χ1) is 12.0. The normalized spacial score (nSPS) is 13.0. The Morgan fingerprint density at radius 3 is 2.96 bits per heavy atom. The molecule has 0 spiro atoms. The van der Waals surface area contributed by atoms with Gasteiger partial charge in [-0.1, -0.05) is 6.92 Å². The molecule has 0 bridgehead atoms. The number of hydrogen-bond donors (Lipinski definition) is 1. The molecule has 1 N–H and O–H groups in total. The third kappa shape index (κ3) is 3.58. The third-order valence-corrected chi connectivity index (χ3v) is 5.58. The van der Waals surface area contributed by atoms with Crippen LogP contribution in [0.4, 0.5) is 0 Å². The van der Waals surface area contributed by atoms with E-state index in [1.165, 1.54) is 20.7 Å². The summed E-state index contributed by atoms with van der Waals surface area (Å²) < 4.78 is 1.34. The number of carbonyl (C=O) groups is 2. The Morgan fingerprint density at radius 2 is 2.20 bits per heavy atom. The zero-order valence-corrected chi connectivity index (χ0v) is 15.3. The Bertz CT molecular complexity index is 871. The smallest absolute Gasteiger partial charge is 0.262 e. The second-order valence-electron chi connectivity index (χ2n) is 6.31. The van der Waals surface area contributed by atoms with E-state index in [2.05, 4.69) is 10.3 Å². The van der Waals surface area contributed by atoms with Gasteiger partial charge in [-0.3, -0.25) is 19.0 Å². The van der Waals surface area contributed by atoms with Crippen LogP contribution in [0.15, 0.2) is 11.1 Å². The summed E-state index contributed by atoms with van der Waals surface area (Å²) in [7, 11) is 1.56. The summed E-state index contributed by atoms with van der Waals surface area (Å²) in [6.45, 7) is 2.43. The summed E-state index contributed by atoms with van der Waals surface area (Å²) in [5, 5.41) is 3.39. The molecule has 25 heavy (non-hydrogen) atoms. The van der Waals surface area contributed by atoms with E-state index < -0.39 is 0 Å².